The number of hydrogen-bond acceptors (Lipinski definition) is 4. The van der Waals surface area contributed by atoms with Crippen LogP contribution in [0.1, 0.15) is 33.6 Å². The van der Waals surface area contributed by atoms with E-state index in [0.717, 1.165) is 39.1 Å². The molecule has 4 heteroatoms. The van der Waals surface area contributed by atoms with Gasteiger partial charge in [0.25, 0.3) is 0 Å². The Morgan fingerprint density at radius 1 is 1.00 bits per heavy atom. The topological polar surface area (TPSA) is 42.3 Å². The van der Waals surface area contributed by atoms with Crippen molar-refractivity contribution in [3.8, 4) is 6.07 Å². The van der Waals surface area contributed by atoms with E-state index in [4.69, 9.17) is 5.26 Å². The standard InChI is InChI=1S/C14H30N4/c1-5-17(6-2)10-8-11-18(7-3)12-9-14(13-15)16-4/h14,16H,5-12H2,1-4H3. The second kappa shape index (κ2) is 11.5. The third-order valence-electron chi connectivity index (χ3n) is 3.53. The van der Waals surface area contributed by atoms with Crippen molar-refractivity contribution in [1.29, 1.82) is 5.26 Å². The quantitative estimate of drug-likeness (QED) is 0.607. The van der Waals surface area contributed by atoms with E-state index in [1.165, 1.54) is 13.0 Å². The van der Waals surface area contributed by atoms with Crippen LogP contribution in [0.5, 0.6) is 0 Å². The van der Waals surface area contributed by atoms with Gasteiger partial charge in [0.15, 0.2) is 0 Å². The lowest BCUT2D eigenvalue weighted by Crippen LogP contribution is -2.34. The van der Waals surface area contributed by atoms with Crippen molar-refractivity contribution in [2.24, 2.45) is 0 Å². The van der Waals surface area contributed by atoms with Gasteiger partial charge in [-0.25, -0.2) is 0 Å². The van der Waals surface area contributed by atoms with Gasteiger partial charge in [-0.05, 0) is 52.6 Å². The minimum absolute atomic E-state index is 0.0122. The lowest BCUT2D eigenvalue weighted by Gasteiger charge is -2.24. The summed E-state index contributed by atoms with van der Waals surface area (Å²) >= 11 is 0. The molecule has 1 unspecified atom stereocenters. The van der Waals surface area contributed by atoms with Crippen LogP contribution in [-0.4, -0.2) is 62.2 Å². The zero-order valence-electron chi connectivity index (χ0n) is 12.6. The molecule has 0 aliphatic rings. The van der Waals surface area contributed by atoms with Crippen molar-refractivity contribution in [3.05, 3.63) is 0 Å². The summed E-state index contributed by atoms with van der Waals surface area (Å²) in [5.41, 5.74) is 0. The monoisotopic (exact) mass is 254 g/mol. The van der Waals surface area contributed by atoms with Crippen LogP contribution in [0.4, 0.5) is 0 Å². The second-order valence-electron chi connectivity index (χ2n) is 4.57. The van der Waals surface area contributed by atoms with E-state index >= 15 is 0 Å². The molecular weight excluding hydrogens is 224 g/mol. The number of nitrogens with one attached hydrogen (secondary N) is 1. The van der Waals surface area contributed by atoms with E-state index in [0.29, 0.717) is 0 Å². The Kier molecular flexibility index (Phi) is 11.1. The Bertz CT molecular complexity index is 220. The largest absolute Gasteiger partial charge is 0.305 e. The summed E-state index contributed by atoms with van der Waals surface area (Å²) in [6.45, 7) is 13.3. The molecule has 106 valence electrons. The molecule has 4 nitrogen and oxygen atoms in total. The third-order valence-corrected chi connectivity index (χ3v) is 3.53. The van der Waals surface area contributed by atoms with Crippen molar-refractivity contribution >= 4 is 0 Å². The van der Waals surface area contributed by atoms with Gasteiger partial charge in [0.1, 0.15) is 0 Å². The first-order chi connectivity index (χ1) is 8.71. The van der Waals surface area contributed by atoms with Crippen LogP contribution in [0.25, 0.3) is 0 Å². The highest BCUT2D eigenvalue weighted by molar-refractivity contribution is 4.88. The third kappa shape index (κ3) is 7.65. The summed E-state index contributed by atoms with van der Waals surface area (Å²) in [4.78, 5) is 4.89. The van der Waals surface area contributed by atoms with Gasteiger partial charge in [-0.2, -0.15) is 5.26 Å². The summed E-state index contributed by atoms with van der Waals surface area (Å²) < 4.78 is 0. The smallest absolute Gasteiger partial charge is 0.0962 e. The highest BCUT2D eigenvalue weighted by Crippen LogP contribution is 1.99. The normalized spacial score (nSPS) is 12.9. The first-order valence-corrected chi connectivity index (χ1v) is 7.23. The van der Waals surface area contributed by atoms with Gasteiger partial charge in [-0.1, -0.05) is 20.8 Å². The Morgan fingerprint density at radius 3 is 2.00 bits per heavy atom. The molecule has 0 aliphatic carbocycles. The zero-order chi connectivity index (χ0) is 13.8. The summed E-state index contributed by atoms with van der Waals surface area (Å²) in [5.74, 6) is 0. The van der Waals surface area contributed by atoms with Crippen LogP contribution in [-0.2, 0) is 0 Å². The van der Waals surface area contributed by atoms with Crippen LogP contribution in [0.2, 0.25) is 0 Å². The van der Waals surface area contributed by atoms with Crippen LogP contribution in [0.3, 0.4) is 0 Å². The van der Waals surface area contributed by atoms with Gasteiger partial charge in [0.2, 0.25) is 0 Å². The number of nitriles is 1. The Hall–Kier alpha value is -0.630. The van der Waals surface area contributed by atoms with E-state index < -0.39 is 0 Å². The molecule has 0 aromatic carbocycles. The predicted octanol–water partition coefficient (Wildman–Crippen LogP) is 1.54. The predicted molar refractivity (Wildman–Crippen MR) is 77.6 cm³/mol. The van der Waals surface area contributed by atoms with Crippen LogP contribution in [0, 0.1) is 11.3 Å². The van der Waals surface area contributed by atoms with Crippen LogP contribution in [0.15, 0.2) is 0 Å². The molecule has 0 bridgehead atoms. The van der Waals surface area contributed by atoms with Gasteiger partial charge in [0.05, 0.1) is 12.1 Å². The van der Waals surface area contributed by atoms with Gasteiger partial charge >= 0.3 is 0 Å². The van der Waals surface area contributed by atoms with E-state index in [-0.39, 0.29) is 6.04 Å². The van der Waals surface area contributed by atoms with Crippen molar-refractivity contribution in [3.63, 3.8) is 0 Å². The van der Waals surface area contributed by atoms with E-state index in [2.05, 4.69) is 42.0 Å². The molecule has 0 rings (SSSR count). The molecule has 18 heavy (non-hydrogen) atoms. The zero-order valence-corrected chi connectivity index (χ0v) is 12.6. The molecule has 0 fully saturated rings. The van der Waals surface area contributed by atoms with Crippen molar-refractivity contribution in [1.82, 2.24) is 15.1 Å². The summed E-state index contributed by atoms with van der Waals surface area (Å²) in [6, 6.07) is 2.27. The minimum Gasteiger partial charge on any atom is -0.305 e. The summed E-state index contributed by atoms with van der Waals surface area (Å²) in [7, 11) is 1.85. The lowest BCUT2D eigenvalue weighted by molar-refractivity contribution is 0.239. The Balaban J connectivity index is 3.80. The number of hydrogen-bond donors (Lipinski definition) is 1. The molecule has 0 saturated carbocycles. The minimum atomic E-state index is -0.0122. The fourth-order valence-electron chi connectivity index (χ4n) is 2.07. The number of rotatable bonds is 11. The van der Waals surface area contributed by atoms with E-state index in [1.54, 1.807) is 0 Å². The second-order valence-corrected chi connectivity index (χ2v) is 4.57. The van der Waals surface area contributed by atoms with Gasteiger partial charge in [-0.3, -0.25) is 0 Å². The first kappa shape index (κ1) is 17.4. The molecule has 0 spiro atoms. The molecule has 0 saturated heterocycles. The van der Waals surface area contributed by atoms with E-state index in [9.17, 15) is 0 Å². The Morgan fingerprint density at radius 2 is 1.56 bits per heavy atom. The van der Waals surface area contributed by atoms with Crippen LogP contribution < -0.4 is 5.32 Å². The first-order valence-electron chi connectivity index (χ1n) is 7.23. The van der Waals surface area contributed by atoms with Gasteiger partial charge in [-0.15, -0.1) is 0 Å². The van der Waals surface area contributed by atoms with Gasteiger partial charge in [0, 0.05) is 6.54 Å². The molecule has 0 aromatic heterocycles. The average molecular weight is 254 g/mol. The average Bonchev–Trinajstić information content (AvgIpc) is 2.42. The highest BCUT2D eigenvalue weighted by Gasteiger charge is 2.08. The maximum atomic E-state index is 8.89. The molecule has 0 aromatic rings. The summed E-state index contributed by atoms with van der Waals surface area (Å²) in [6.07, 6.45) is 2.12. The van der Waals surface area contributed by atoms with Crippen LogP contribution >= 0.6 is 0 Å². The Labute approximate surface area is 113 Å². The molecular formula is C14H30N4. The fraction of sp³-hybridized carbons (Fsp3) is 0.929. The highest BCUT2D eigenvalue weighted by atomic mass is 15.1. The molecule has 1 N–H and O–H groups in total. The van der Waals surface area contributed by atoms with Gasteiger partial charge < -0.3 is 15.1 Å². The number of nitrogens with zero attached hydrogens (tertiary/aromatic N) is 3. The fourth-order valence-corrected chi connectivity index (χ4v) is 2.07. The van der Waals surface area contributed by atoms with Crippen molar-refractivity contribution < 1.29 is 0 Å². The molecule has 0 radical (unpaired) electrons. The SMILES string of the molecule is CCN(CC)CCCN(CC)CCC(C#N)NC. The molecule has 1 atom stereocenters. The van der Waals surface area contributed by atoms with E-state index in [1.807, 2.05) is 7.05 Å². The van der Waals surface area contributed by atoms with Crippen molar-refractivity contribution in [2.45, 2.75) is 39.7 Å². The molecule has 0 aliphatic heterocycles. The molecule has 0 heterocycles. The maximum absolute atomic E-state index is 8.89. The maximum Gasteiger partial charge on any atom is 0.0962 e. The van der Waals surface area contributed by atoms with Crippen molar-refractivity contribution in [2.75, 3.05) is 46.3 Å². The lowest BCUT2D eigenvalue weighted by atomic mass is 10.2. The molecule has 0 amide bonds. The summed E-state index contributed by atoms with van der Waals surface area (Å²) in [5, 5.41) is 11.9.